The zero-order valence-electron chi connectivity index (χ0n) is 10.1. The summed E-state index contributed by atoms with van der Waals surface area (Å²) in [4.78, 5) is 9.60. The summed E-state index contributed by atoms with van der Waals surface area (Å²) in [5.74, 6) is -0.935. The van der Waals surface area contributed by atoms with Gasteiger partial charge in [0.15, 0.2) is 0 Å². The molecule has 0 aromatic rings. The van der Waals surface area contributed by atoms with Gasteiger partial charge in [0.25, 0.3) is 0 Å². The minimum absolute atomic E-state index is 0.0278. The number of carbonyl (C=O) groups is 1. The maximum absolute atomic E-state index is 9.60. The lowest BCUT2D eigenvalue weighted by Gasteiger charge is -1.94. The molecule has 0 aromatic heterocycles. The summed E-state index contributed by atoms with van der Waals surface area (Å²) < 4.78 is 8.88. The highest BCUT2D eigenvalue weighted by Gasteiger charge is 1.90. The summed E-state index contributed by atoms with van der Waals surface area (Å²) in [5.41, 5.74) is 0.176. The number of methoxy groups -OCH3 is 1. The average Bonchev–Trinajstić information content (AvgIpc) is 2.20. The second kappa shape index (κ2) is 19.6. The van der Waals surface area contributed by atoms with Gasteiger partial charge in [-0.1, -0.05) is 6.58 Å². The van der Waals surface area contributed by atoms with Crippen LogP contribution in [0.5, 0.6) is 0 Å². The molecule has 0 saturated carbocycles. The van der Waals surface area contributed by atoms with E-state index in [1.54, 1.807) is 14.2 Å². The highest BCUT2D eigenvalue weighted by atomic mass is 16.5. The molecular weight excluding hydrogens is 216 g/mol. The zero-order chi connectivity index (χ0) is 13.4. The molecule has 0 aliphatic carbocycles. The van der Waals surface area contributed by atoms with Crippen LogP contribution in [0, 0.1) is 0 Å². The number of carboxylic acid groups (broad SMARTS) is 1. The Morgan fingerprint density at radius 2 is 1.44 bits per heavy atom. The first kappa shape index (κ1) is 20.5. The first-order valence-corrected chi connectivity index (χ1v) is 4.56. The number of carboxylic acids is 1. The molecule has 0 aliphatic rings. The summed E-state index contributed by atoms with van der Waals surface area (Å²) in [5, 5.41) is 24.1. The Labute approximate surface area is 96.1 Å². The van der Waals surface area contributed by atoms with Crippen LogP contribution in [0.25, 0.3) is 0 Å². The third-order valence-corrected chi connectivity index (χ3v) is 0.836. The van der Waals surface area contributed by atoms with Crippen LogP contribution >= 0.6 is 0 Å². The lowest BCUT2D eigenvalue weighted by Crippen LogP contribution is -2.03. The second-order valence-electron chi connectivity index (χ2n) is 2.55. The Morgan fingerprint density at radius 1 is 1.19 bits per heavy atom. The fourth-order valence-electron chi connectivity index (χ4n) is 0.231. The average molecular weight is 238 g/mol. The van der Waals surface area contributed by atoms with E-state index in [0.29, 0.717) is 13.2 Å². The van der Waals surface area contributed by atoms with E-state index >= 15 is 0 Å². The highest BCUT2D eigenvalue weighted by Crippen LogP contribution is 1.81. The number of aliphatic hydroxyl groups excluding tert-OH is 2. The number of ether oxygens (including phenoxy) is 2. The monoisotopic (exact) mass is 238 g/mol. The Bertz CT molecular complexity index is 141. The van der Waals surface area contributed by atoms with E-state index < -0.39 is 5.97 Å². The van der Waals surface area contributed by atoms with Crippen LogP contribution in [0.1, 0.15) is 6.92 Å². The fraction of sp³-hybridized carbons (Fsp3) is 0.700. The van der Waals surface area contributed by atoms with Gasteiger partial charge in [-0.2, -0.15) is 0 Å². The van der Waals surface area contributed by atoms with Crippen molar-refractivity contribution >= 4 is 5.97 Å². The Hall–Kier alpha value is -0.950. The van der Waals surface area contributed by atoms with Crippen molar-refractivity contribution < 1.29 is 29.6 Å². The largest absolute Gasteiger partial charge is 0.478 e. The van der Waals surface area contributed by atoms with E-state index in [-0.39, 0.29) is 18.8 Å². The van der Waals surface area contributed by atoms with Crippen LogP contribution in [0.2, 0.25) is 0 Å². The molecule has 0 fully saturated rings. The van der Waals surface area contributed by atoms with Crippen molar-refractivity contribution in [3.8, 4) is 0 Å². The van der Waals surface area contributed by atoms with E-state index in [1.807, 2.05) is 0 Å². The molecule has 6 heteroatoms. The van der Waals surface area contributed by atoms with Crippen molar-refractivity contribution in [1.29, 1.82) is 0 Å². The summed E-state index contributed by atoms with van der Waals surface area (Å²) in [6.45, 7) is 5.30. The first-order chi connectivity index (χ1) is 7.47. The molecule has 0 rings (SSSR count). The third kappa shape index (κ3) is 38.1. The lowest BCUT2D eigenvalue weighted by molar-refractivity contribution is -0.132. The van der Waals surface area contributed by atoms with Gasteiger partial charge in [0.1, 0.15) is 0 Å². The normalized spacial score (nSPS) is 8.06. The van der Waals surface area contributed by atoms with Gasteiger partial charge in [0.05, 0.1) is 26.4 Å². The molecule has 0 unspecified atom stereocenters. The van der Waals surface area contributed by atoms with Crippen molar-refractivity contribution in [3.63, 3.8) is 0 Å². The zero-order valence-corrected chi connectivity index (χ0v) is 10.1. The van der Waals surface area contributed by atoms with Crippen molar-refractivity contribution in [3.05, 3.63) is 12.2 Å². The minimum Gasteiger partial charge on any atom is -0.478 e. The van der Waals surface area contributed by atoms with Crippen LogP contribution < -0.4 is 0 Å². The molecule has 6 nitrogen and oxygen atoms in total. The molecule has 98 valence electrons. The van der Waals surface area contributed by atoms with E-state index in [4.69, 9.17) is 15.3 Å². The van der Waals surface area contributed by atoms with Crippen molar-refractivity contribution in [1.82, 2.24) is 0 Å². The van der Waals surface area contributed by atoms with E-state index in [0.717, 1.165) is 0 Å². The molecule has 0 saturated heterocycles. The summed E-state index contributed by atoms with van der Waals surface area (Å²) >= 11 is 0. The smallest absolute Gasteiger partial charge is 0.330 e. The van der Waals surface area contributed by atoms with Gasteiger partial charge in [-0.05, 0) is 6.92 Å². The van der Waals surface area contributed by atoms with Crippen molar-refractivity contribution in [2.45, 2.75) is 6.92 Å². The number of aliphatic carboxylic acids is 1. The minimum atomic E-state index is -0.935. The Kier molecular flexibility index (Phi) is 25.1. The van der Waals surface area contributed by atoms with Gasteiger partial charge in [0.2, 0.25) is 0 Å². The van der Waals surface area contributed by atoms with Gasteiger partial charge < -0.3 is 24.8 Å². The lowest BCUT2D eigenvalue weighted by atomic mass is 10.4. The van der Waals surface area contributed by atoms with Gasteiger partial charge >= 0.3 is 5.97 Å². The van der Waals surface area contributed by atoms with Gasteiger partial charge in [0, 0.05) is 19.8 Å². The molecular formula is C10H22O6. The van der Waals surface area contributed by atoms with E-state index in [2.05, 4.69) is 16.1 Å². The Balaban J connectivity index is -0.000000172. The first-order valence-electron chi connectivity index (χ1n) is 4.56. The van der Waals surface area contributed by atoms with Crippen LogP contribution in [0.4, 0.5) is 0 Å². The van der Waals surface area contributed by atoms with Crippen LogP contribution in [-0.2, 0) is 14.3 Å². The second-order valence-corrected chi connectivity index (χ2v) is 2.55. The maximum Gasteiger partial charge on any atom is 0.330 e. The third-order valence-electron chi connectivity index (χ3n) is 0.836. The number of hydrogen-bond donors (Lipinski definition) is 3. The SMILES string of the molecule is C=C(C)C(=O)O.COC.OCCOCCO. The molecule has 0 aromatic carbocycles. The maximum atomic E-state index is 9.60. The van der Waals surface area contributed by atoms with Crippen molar-refractivity contribution in [2.75, 3.05) is 40.6 Å². The van der Waals surface area contributed by atoms with Crippen molar-refractivity contribution in [2.24, 2.45) is 0 Å². The van der Waals surface area contributed by atoms with E-state index in [1.165, 1.54) is 6.92 Å². The molecule has 16 heavy (non-hydrogen) atoms. The number of aliphatic hydroxyl groups is 2. The van der Waals surface area contributed by atoms with Crippen LogP contribution in [0.3, 0.4) is 0 Å². The summed E-state index contributed by atoms with van der Waals surface area (Å²) in [6, 6.07) is 0. The van der Waals surface area contributed by atoms with Gasteiger partial charge in [-0.25, -0.2) is 4.79 Å². The molecule has 0 radical (unpaired) electrons. The number of rotatable bonds is 5. The Morgan fingerprint density at radius 3 is 1.56 bits per heavy atom. The standard InChI is InChI=1S/C4H10O3.C4H6O2.C2H6O/c5-1-3-7-4-2-6;1-3(2)4(5)6;1-3-2/h5-6H,1-4H2;1H2,2H3,(H,5,6);1-2H3. The number of hydrogen-bond acceptors (Lipinski definition) is 5. The van der Waals surface area contributed by atoms with Crippen LogP contribution in [-0.4, -0.2) is 61.9 Å². The molecule has 0 bridgehead atoms. The molecule has 0 amide bonds. The van der Waals surface area contributed by atoms with E-state index in [9.17, 15) is 4.79 Å². The van der Waals surface area contributed by atoms with Gasteiger partial charge in [-0.3, -0.25) is 0 Å². The fourth-order valence-corrected chi connectivity index (χ4v) is 0.231. The topological polar surface area (TPSA) is 96.2 Å². The molecule has 0 heterocycles. The van der Waals surface area contributed by atoms with Crippen LogP contribution in [0.15, 0.2) is 12.2 Å². The predicted octanol–water partition coefficient (Wildman–Crippen LogP) is -0.103. The van der Waals surface area contributed by atoms with Gasteiger partial charge in [-0.15, -0.1) is 0 Å². The quantitative estimate of drug-likeness (QED) is 0.457. The highest BCUT2D eigenvalue weighted by molar-refractivity contribution is 5.84. The molecule has 0 aliphatic heterocycles. The predicted molar refractivity (Wildman–Crippen MR) is 60.4 cm³/mol. The molecule has 0 spiro atoms. The molecule has 0 atom stereocenters. The summed E-state index contributed by atoms with van der Waals surface area (Å²) in [7, 11) is 3.25. The summed E-state index contributed by atoms with van der Waals surface area (Å²) in [6.07, 6.45) is 0. The molecule has 3 N–H and O–H groups in total.